The lowest BCUT2D eigenvalue weighted by atomic mass is 10.2. The molecule has 0 aliphatic rings. The van der Waals surface area contributed by atoms with E-state index in [0.29, 0.717) is 28.8 Å². The number of nitrogens with one attached hydrogen (secondary N) is 2. The first-order valence-electron chi connectivity index (χ1n) is 10.8. The molecular weight excluding hydrogens is 544 g/mol. The lowest BCUT2D eigenvalue weighted by molar-refractivity contribution is -0.118. The number of anilines is 1. The number of rotatable bonds is 10. The predicted molar refractivity (Wildman–Crippen MR) is 144 cm³/mol. The van der Waals surface area contributed by atoms with Crippen molar-refractivity contribution in [2.45, 2.75) is 11.7 Å². The van der Waals surface area contributed by atoms with Crippen LogP contribution >= 0.6 is 27.7 Å². The topological polar surface area (TPSA) is 114 Å². The van der Waals surface area contributed by atoms with Gasteiger partial charge in [0.25, 0.3) is 5.91 Å². The van der Waals surface area contributed by atoms with Crippen LogP contribution in [0, 0.1) is 0 Å². The number of aromatic hydroxyl groups is 1. The van der Waals surface area contributed by atoms with Crippen LogP contribution in [0.2, 0.25) is 0 Å². The summed E-state index contributed by atoms with van der Waals surface area (Å²) in [5.41, 5.74) is 5.03. The summed E-state index contributed by atoms with van der Waals surface area (Å²) in [5, 5.41) is 26.3. The Morgan fingerprint density at radius 2 is 1.92 bits per heavy atom. The van der Waals surface area contributed by atoms with Gasteiger partial charge in [-0.25, -0.2) is 5.43 Å². The Balaban J connectivity index is 1.41. The SMILES string of the molecule is COc1cc(C=NNC(=O)CSc2nnc(CNc3ccc(Br)cc3)n2-c2ccccc2)ccc1O. The van der Waals surface area contributed by atoms with E-state index >= 15 is 0 Å². The zero-order valence-electron chi connectivity index (χ0n) is 19.3. The monoisotopic (exact) mass is 566 g/mol. The first kappa shape index (κ1) is 25.3. The van der Waals surface area contributed by atoms with E-state index in [1.54, 1.807) is 12.1 Å². The molecule has 1 heterocycles. The number of nitrogens with zero attached hydrogens (tertiary/aromatic N) is 4. The maximum Gasteiger partial charge on any atom is 0.250 e. The highest BCUT2D eigenvalue weighted by Crippen LogP contribution is 2.26. The highest BCUT2D eigenvalue weighted by atomic mass is 79.9. The van der Waals surface area contributed by atoms with E-state index in [1.165, 1.54) is 31.2 Å². The van der Waals surface area contributed by atoms with Crippen molar-refractivity contribution in [3.05, 3.63) is 88.7 Å². The number of aromatic nitrogens is 3. The van der Waals surface area contributed by atoms with Crippen LogP contribution in [0.5, 0.6) is 11.5 Å². The molecule has 11 heteroatoms. The number of para-hydroxylation sites is 1. The number of amides is 1. The third-order valence-corrected chi connectivity index (χ3v) is 6.41. The van der Waals surface area contributed by atoms with Crippen molar-refractivity contribution in [3.8, 4) is 17.2 Å². The third-order valence-electron chi connectivity index (χ3n) is 4.95. The number of benzene rings is 3. The van der Waals surface area contributed by atoms with Crippen LogP contribution in [0.1, 0.15) is 11.4 Å². The van der Waals surface area contributed by atoms with E-state index in [9.17, 15) is 9.90 Å². The van der Waals surface area contributed by atoms with Gasteiger partial charge in [-0.15, -0.1) is 10.2 Å². The number of halogens is 1. The van der Waals surface area contributed by atoms with Crippen LogP contribution in [-0.4, -0.2) is 44.9 Å². The van der Waals surface area contributed by atoms with E-state index in [4.69, 9.17) is 4.74 Å². The van der Waals surface area contributed by atoms with Crippen molar-refractivity contribution in [2.75, 3.05) is 18.2 Å². The molecule has 0 bridgehead atoms. The van der Waals surface area contributed by atoms with Gasteiger partial charge in [-0.05, 0) is 60.2 Å². The Morgan fingerprint density at radius 1 is 1.14 bits per heavy atom. The summed E-state index contributed by atoms with van der Waals surface area (Å²) in [5.74, 6) is 0.877. The number of phenolic OH excluding ortho intramolecular Hbond substituents is 1. The Morgan fingerprint density at radius 3 is 2.67 bits per heavy atom. The quantitative estimate of drug-likeness (QED) is 0.146. The molecular formula is C25H23BrN6O3S. The molecule has 3 N–H and O–H groups in total. The number of hydrogen-bond acceptors (Lipinski definition) is 8. The van der Waals surface area contributed by atoms with Crippen molar-refractivity contribution in [3.63, 3.8) is 0 Å². The molecule has 0 spiro atoms. The maximum absolute atomic E-state index is 12.4. The van der Waals surface area contributed by atoms with Crippen molar-refractivity contribution in [1.29, 1.82) is 0 Å². The first-order valence-corrected chi connectivity index (χ1v) is 12.6. The molecule has 0 saturated heterocycles. The molecule has 4 aromatic rings. The largest absolute Gasteiger partial charge is 0.504 e. The number of carbonyl (C=O) groups is 1. The van der Waals surface area contributed by atoms with Gasteiger partial charge in [0.2, 0.25) is 0 Å². The van der Waals surface area contributed by atoms with Gasteiger partial charge >= 0.3 is 0 Å². The minimum atomic E-state index is -0.292. The van der Waals surface area contributed by atoms with Crippen LogP contribution in [0.4, 0.5) is 5.69 Å². The molecule has 0 fully saturated rings. The Hall–Kier alpha value is -3.83. The van der Waals surface area contributed by atoms with Crippen LogP contribution in [0.3, 0.4) is 0 Å². The summed E-state index contributed by atoms with van der Waals surface area (Å²) in [4.78, 5) is 12.4. The molecule has 36 heavy (non-hydrogen) atoms. The van der Waals surface area contributed by atoms with E-state index in [-0.39, 0.29) is 17.4 Å². The number of thioether (sulfide) groups is 1. The summed E-state index contributed by atoms with van der Waals surface area (Å²) in [6, 6.07) is 22.4. The van der Waals surface area contributed by atoms with Crippen LogP contribution in [-0.2, 0) is 11.3 Å². The number of methoxy groups -OCH3 is 1. The zero-order valence-corrected chi connectivity index (χ0v) is 21.7. The van der Waals surface area contributed by atoms with Gasteiger partial charge < -0.3 is 15.2 Å². The number of ether oxygens (including phenoxy) is 1. The predicted octanol–water partition coefficient (Wildman–Crippen LogP) is 4.60. The van der Waals surface area contributed by atoms with Crippen LogP contribution in [0.25, 0.3) is 5.69 Å². The molecule has 0 atom stereocenters. The molecule has 0 unspecified atom stereocenters. The second-order valence-electron chi connectivity index (χ2n) is 7.44. The van der Waals surface area contributed by atoms with Gasteiger partial charge in [0.05, 0.1) is 25.6 Å². The van der Waals surface area contributed by atoms with E-state index in [0.717, 1.165) is 15.8 Å². The fourth-order valence-corrected chi connectivity index (χ4v) is 4.24. The fourth-order valence-electron chi connectivity index (χ4n) is 3.21. The zero-order chi connectivity index (χ0) is 25.3. The number of phenols is 1. The number of carbonyl (C=O) groups excluding carboxylic acids is 1. The van der Waals surface area contributed by atoms with Crippen LogP contribution in [0.15, 0.2) is 87.5 Å². The Kier molecular flexibility index (Phi) is 8.58. The highest BCUT2D eigenvalue weighted by molar-refractivity contribution is 9.10. The molecule has 0 saturated carbocycles. The minimum Gasteiger partial charge on any atom is -0.504 e. The van der Waals surface area contributed by atoms with Gasteiger partial charge in [-0.3, -0.25) is 9.36 Å². The number of hydrazone groups is 1. The maximum atomic E-state index is 12.4. The van der Waals surface area contributed by atoms with Crippen molar-refractivity contribution in [1.82, 2.24) is 20.2 Å². The summed E-state index contributed by atoms with van der Waals surface area (Å²) in [6.45, 7) is 0.455. The molecule has 9 nitrogen and oxygen atoms in total. The molecule has 0 aliphatic heterocycles. The fraction of sp³-hybridized carbons (Fsp3) is 0.120. The van der Waals surface area contributed by atoms with Gasteiger partial charge in [0.1, 0.15) is 0 Å². The third kappa shape index (κ3) is 6.64. The molecule has 0 aliphatic carbocycles. The number of hydrogen-bond donors (Lipinski definition) is 3. The summed E-state index contributed by atoms with van der Waals surface area (Å²) in [7, 11) is 1.46. The van der Waals surface area contributed by atoms with Crippen molar-refractivity contribution in [2.24, 2.45) is 5.10 Å². The smallest absolute Gasteiger partial charge is 0.250 e. The molecule has 1 aromatic heterocycles. The lowest BCUT2D eigenvalue weighted by Crippen LogP contribution is -2.20. The standard InChI is InChI=1S/C25H23BrN6O3S/c1-35-22-13-17(7-12-21(22)33)14-28-30-24(34)16-36-25-31-29-23(32(25)20-5-3-2-4-6-20)15-27-19-10-8-18(26)9-11-19/h2-14,27,33H,15-16H2,1H3,(H,30,34). The van der Waals surface area contributed by atoms with Crippen molar-refractivity contribution < 1.29 is 14.6 Å². The average molecular weight is 567 g/mol. The Labute approximate surface area is 220 Å². The minimum absolute atomic E-state index is 0.0315. The Bertz CT molecular complexity index is 1350. The van der Waals surface area contributed by atoms with E-state index in [1.807, 2.05) is 59.2 Å². The molecule has 3 aromatic carbocycles. The average Bonchev–Trinajstić information content (AvgIpc) is 3.31. The van der Waals surface area contributed by atoms with Gasteiger partial charge in [-0.1, -0.05) is 45.9 Å². The second kappa shape index (κ2) is 12.2. The molecule has 184 valence electrons. The molecule has 4 rings (SSSR count). The first-order chi connectivity index (χ1) is 17.5. The molecule has 1 amide bonds. The summed E-state index contributed by atoms with van der Waals surface area (Å²) in [6.07, 6.45) is 1.48. The second-order valence-corrected chi connectivity index (χ2v) is 9.30. The van der Waals surface area contributed by atoms with E-state index < -0.39 is 0 Å². The van der Waals surface area contributed by atoms with Gasteiger partial charge in [-0.2, -0.15) is 5.10 Å². The molecule has 0 radical (unpaired) electrons. The van der Waals surface area contributed by atoms with Gasteiger partial charge in [0.15, 0.2) is 22.5 Å². The normalized spacial score (nSPS) is 10.9. The lowest BCUT2D eigenvalue weighted by Gasteiger charge is -2.11. The summed E-state index contributed by atoms with van der Waals surface area (Å²) >= 11 is 4.70. The van der Waals surface area contributed by atoms with E-state index in [2.05, 4.69) is 42.0 Å². The van der Waals surface area contributed by atoms with Crippen LogP contribution < -0.4 is 15.5 Å². The van der Waals surface area contributed by atoms with Crippen molar-refractivity contribution >= 4 is 45.5 Å². The highest BCUT2D eigenvalue weighted by Gasteiger charge is 2.16. The van der Waals surface area contributed by atoms with Gasteiger partial charge in [0, 0.05) is 15.8 Å². The summed E-state index contributed by atoms with van der Waals surface area (Å²) < 4.78 is 8.00.